The SMILES string of the molecule is COC(=O)c1cc(I)c(C)cc1NN=C(C#N)C#N. The van der Waals surface area contributed by atoms with Crippen molar-refractivity contribution in [2.45, 2.75) is 6.92 Å². The van der Waals surface area contributed by atoms with E-state index >= 15 is 0 Å². The van der Waals surface area contributed by atoms with Crippen LogP contribution in [0.4, 0.5) is 5.69 Å². The maximum Gasteiger partial charge on any atom is 0.340 e. The van der Waals surface area contributed by atoms with Gasteiger partial charge in [-0.1, -0.05) is 0 Å². The second-order valence-electron chi connectivity index (χ2n) is 3.43. The molecular weight excluding hydrogens is 359 g/mol. The molecule has 0 atom stereocenters. The predicted molar refractivity (Wildman–Crippen MR) is 77.5 cm³/mol. The maximum atomic E-state index is 11.6. The molecule has 7 heteroatoms. The lowest BCUT2D eigenvalue weighted by atomic mass is 10.1. The van der Waals surface area contributed by atoms with Crippen molar-refractivity contribution in [2.24, 2.45) is 5.10 Å². The predicted octanol–water partition coefficient (Wildman–Crippen LogP) is 2.20. The van der Waals surface area contributed by atoms with Crippen LogP contribution < -0.4 is 5.43 Å². The Balaban J connectivity index is 3.23. The second-order valence-corrected chi connectivity index (χ2v) is 4.60. The molecule has 1 N–H and O–H groups in total. The van der Waals surface area contributed by atoms with Gasteiger partial charge in [-0.2, -0.15) is 15.6 Å². The number of esters is 1. The molecule has 0 amide bonds. The van der Waals surface area contributed by atoms with E-state index in [1.807, 2.05) is 6.92 Å². The quantitative estimate of drug-likeness (QED) is 0.382. The molecule has 0 fully saturated rings. The molecule has 6 nitrogen and oxygen atoms in total. The van der Waals surface area contributed by atoms with Crippen LogP contribution in [0.2, 0.25) is 0 Å². The third-order valence-electron chi connectivity index (χ3n) is 2.20. The van der Waals surface area contributed by atoms with E-state index in [1.54, 1.807) is 24.3 Å². The normalized spacial score (nSPS) is 8.89. The van der Waals surface area contributed by atoms with Crippen molar-refractivity contribution in [1.29, 1.82) is 10.5 Å². The summed E-state index contributed by atoms with van der Waals surface area (Å²) in [4.78, 5) is 11.6. The number of hydrogen-bond acceptors (Lipinski definition) is 6. The van der Waals surface area contributed by atoms with E-state index in [0.29, 0.717) is 5.69 Å². The van der Waals surface area contributed by atoms with Gasteiger partial charge in [-0.05, 0) is 47.2 Å². The van der Waals surface area contributed by atoms with Crippen molar-refractivity contribution in [1.82, 2.24) is 0 Å². The molecule has 0 heterocycles. The lowest BCUT2D eigenvalue weighted by Crippen LogP contribution is -2.07. The summed E-state index contributed by atoms with van der Waals surface area (Å²) in [5, 5.41) is 20.8. The highest BCUT2D eigenvalue weighted by molar-refractivity contribution is 14.1. The van der Waals surface area contributed by atoms with Gasteiger partial charge in [0.1, 0.15) is 12.1 Å². The number of rotatable bonds is 3. The first-order valence-electron chi connectivity index (χ1n) is 5.05. The molecule has 1 rings (SSSR count). The highest BCUT2D eigenvalue weighted by Gasteiger charge is 2.14. The molecule has 0 radical (unpaired) electrons. The summed E-state index contributed by atoms with van der Waals surface area (Å²) < 4.78 is 5.57. The Morgan fingerprint density at radius 3 is 2.58 bits per heavy atom. The summed E-state index contributed by atoms with van der Waals surface area (Å²) in [7, 11) is 1.28. The number of aryl methyl sites for hydroxylation is 1. The number of hydrogen-bond donors (Lipinski definition) is 1. The van der Waals surface area contributed by atoms with Crippen LogP contribution in [0.15, 0.2) is 17.2 Å². The zero-order valence-corrected chi connectivity index (χ0v) is 12.3. The van der Waals surface area contributed by atoms with Crippen LogP contribution in [0.3, 0.4) is 0 Å². The number of carbonyl (C=O) groups is 1. The van der Waals surface area contributed by atoms with Gasteiger partial charge in [0.25, 0.3) is 0 Å². The van der Waals surface area contributed by atoms with Gasteiger partial charge >= 0.3 is 5.97 Å². The summed E-state index contributed by atoms with van der Waals surface area (Å²) in [5.74, 6) is -0.522. The van der Waals surface area contributed by atoms with Crippen molar-refractivity contribution < 1.29 is 9.53 Å². The molecule has 0 aliphatic rings. The lowest BCUT2D eigenvalue weighted by Gasteiger charge is -2.09. The number of methoxy groups -OCH3 is 1. The summed E-state index contributed by atoms with van der Waals surface area (Å²) in [6, 6.07) is 6.59. The number of anilines is 1. The number of nitrogens with zero attached hydrogens (tertiary/aromatic N) is 3. The van der Waals surface area contributed by atoms with Gasteiger partial charge in [-0.15, -0.1) is 0 Å². The summed E-state index contributed by atoms with van der Waals surface area (Å²) >= 11 is 2.10. The van der Waals surface area contributed by atoms with E-state index in [0.717, 1.165) is 9.13 Å². The second kappa shape index (κ2) is 6.71. The number of ether oxygens (including phenoxy) is 1. The smallest absolute Gasteiger partial charge is 0.340 e. The van der Waals surface area contributed by atoms with E-state index in [-0.39, 0.29) is 11.3 Å². The van der Waals surface area contributed by atoms with Gasteiger partial charge in [0.2, 0.25) is 5.71 Å². The minimum atomic E-state index is -0.522. The minimum Gasteiger partial charge on any atom is -0.465 e. The van der Waals surface area contributed by atoms with Crippen LogP contribution in [0.5, 0.6) is 0 Å². The molecule has 1 aromatic rings. The average Bonchev–Trinajstić information content (AvgIpc) is 2.42. The van der Waals surface area contributed by atoms with Crippen molar-refractivity contribution >= 4 is 40.0 Å². The Morgan fingerprint density at radius 2 is 2.05 bits per heavy atom. The third-order valence-corrected chi connectivity index (χ3v) is 3.37. The van der Waals surface area contributed by atoms with Crippen molar-refractivity contribution in [3.8, 4) is 12.1 Å². The number of nitriles is 2. The largest absolute Gasteiger partial charge is 0.465 e. The van der Waals surface area contributed by atoms with Crippen molar-refractivity contribution in [2.75, 3.05) is 12.5 Å². The summed E-state index contributed by atoms with van der Waals surface area (Å²) in [6.45, 7) is 1.87. The number of benzene rings is 1. The molecule has 96 valence electrons. The molecular formula is C12H9IN4O2. The molecule has 19 heavy (non-hydrogen) atoms. The first kappa shape index (κ1) is 14.9. The van der Waals surface area contributed by atoms with Crippen LogP contribution in [0.1, 0.15) is 15.9 Å². The molecule has 0 saturated heterocycles. The molecule has 1 aromatic carbocycles. The monoisotopic (exact) mass is 368 g/mol. The van der Waals surface area contributed by atoms with Crippen LogP contribution in [0, 0.1) is 33.2 Å². The van der Waals surface area contributed by atoms with E-state index in [9.17, 15) is 4.79 Å². The molecule has 0 saturated carbocycles. The molecule has 0 spiro atoms. The number of hydrazone groups is 1. The maximum absolute atomic E-state index is 11.6. The zero-order chi connectivity index (χ0) is 14.4. The van der Waals surface area contributed by atoms with Gasteiger partial charge in [0.05, 0.1) is 18.4 Å². The highest BCUT2D eigenvalue weighted by atomic mass is 127. The van der Waals surface area contributed by atoms with Crippen LogP contribution >= 0.6 is 22.6 Å². The Hall–Kier alpha value is -2.13. The summed E-state index contributed by atoms with van der Waals surface area (Å²) in [6.07, 6.45) is 0. The number of carbonyl (C=O) groups excluding carboxylic acids is 1. The van der Waals surface area contributed by atoms with E-state index in [2.05, 4.69) is 37.9 Å². The average molecular weight is 368 g/mol. The Bertz CT molecular complexity index is 610. The van der Waals surface area contributed by atoms with Gasteiger partial charge < -0.3 is 4.74 Å². The molecule has 0 aliphatic heterocycles. The third kappa shape index (κ3) is 3.66. The van der Waals surface area contributed by atoms with Crippen LogP contribution in [0.25, 0.3) is 0 Å². The molecule has 0 unspecified atom stereocenters. The minimum absolute atomic E-state index is 0.288. The molecule has 0 aliphatic carbocycles. The zero-order valence-electron chi connectivity index (χ0n) is 10.2. The van der Waals surface area contributed by atoms with Crippen LogP contribution in [-0.2, 0) is 4.74 Å². The van der Waals surface area contributed by atoms with E-state index < -0.39 is 5.97 Å². The van der Waals surface area contributed by atoms with E-state index in [1.165, 1.54) is 7.11 Å². The van der Waals surface area contributed by atoms with Crippen molar-refractivity contribution in [3.63, 3.8) is 0 Å². The summed E-state index contributed by atoms with van der Waals surface area (Å²) in [5.41, 5.74) is 3.81. The first-order chi connectivity index (χ1) is 9.03. The fraction of sp³-hybridized carbons (Fsp3) is 0.167. The highest BCUT2D eigenvalue weighted by Crippen LogP contribution is 2.23. The lowest BCUT2D eigenvalue weighted by molar-refractivity contribution is 0.0601. The Labute approximate surface area is 123 Å². The van der Waals surface area contributed by atoms with Gasteiger partial charge in [0.15, 0.2) is 0 Å². The Morgan fingerprint density at radius 1 is 1.42 bits per heavy atom. The van der Waals surface area contributed by atoms with Gasteiger partial charge in [0, 0.05) is 3.57 Å². The van der Waals surface area contributed by atoms with Gasteiger partial charge in [-0.3, -0.25) is 5.43 Å². The van der Waals surface area contributed by atoms with Crippen molar-refractivity contribution in [3.05, 3.63) is 26.8 Å². The fourth-order valence-electron chi connectivity index (χ4n) is 1.24. The van der Waals surface area contributed by atoms with Crippen LogP contribution in [-0.4, -0.2) is 18.8 Å². The Kier molecular flexibility index (Phi) is 5.27. The standard InChI is InChI=1S/C12H9IN4O2/c1-7-3-11(17-16-8(5-14)6-15)9(4-10(7)13)12(18)19-2/h3-4,17H,1-2H3. The van der Waals surface area contributed by atoms with E-state index in [4.69, 9.17) is 10.5 Å². The topological polar surface area (TPSA) is 98.3 Å². The molecule has 0 bridgehead atoms. The number of nitrogens with one attached hydrogen (secondary N) is 1. The first-order valence-corrected chi connectivity index (χ1v) is 6.13. The fourth-order valence-corrected chi connectivity index (χ4v) is 1.71. The molecule has 0 aromatic heterocycles. The number of halogens is 1. The van der Waals surface area contributed by atoms with Gasteiger partial charge in [-0.25, -0.2) is 4.79 Å².